The first-order chi connectivity index (χ1) is 8.24. The minimum Gasteiger partial charge on any atom is -0.313 e. The molecular formula is C15H24N2. The van der Waals surface area contributed by atoms with Crippen LogP contribution >= 0.6 is 0 Å². The first-order valence-electron chi connectivity index (χ1n) is 6.88. The fourth-order valence-electron chi connectivity index (χ4n) is 3.07. The van der Waals surface area contributed by atoms with E-state index in [1.165, 1.54) is 31.4 Å². The molecule has 94 valence electrons. The molecule has 1 aliphatic carbocycles. The van der Waals surface area contributed by atoms with E-state index < -0.39 is 0 Å². The van der Waals surface area contributed by atoms with Crippen LogP contribution in [0.5, 0.6) is 0 Å². The Labute approximate surface area is 105 Å². The van der Waals surface area contributed by atoms with Gasteiger partial charge in [0.1, 0.15) is 0 Å². The number of likely N-dealkylation sites (N-methyl/N-ethyl adjacent to an activating group) is 1. The van der Waals surface area contributed by atoms with E-state index in [1.54, 1.807) is 0 Å². The number of hydrogen-bond donors (Lipinski definition) is 1. The first kappa shape index (κ1) is 12.6. The molecule has 0 aromatic carbocycles. The largest absolute Gasteiger partial charge is 0.313 e. The van der Waals surface area contributed by atoms with Crippen LogP contribution in [-0.2, 0) is 6.42 Å². The van der Waals surface area contributed by atoms with E-state index in [2.05, 4.69) is 36.3 Å². The van der Waals surface area contributed by atoms with Gasteiger partial charge in [0.05, 0.1) is 0 Å². The molecule has 0 spiro atoms. The van der Waals surface area contributed by atoms with Gasteiger partial charge in [-0.05, 0) is 36.9 Å². The summed E-state index contributed by atoms with van der Waals surface area (Å²) in [6.45, 7) is 5.69. The molecule has 1 unspecified atom stereocenters. The van der Waals surface area contributed by atoms with Crippen LogP contribution in [0.2, 0.25) is 0 Å². The van der Waals surface area contributed by atoms with Crippen molar-refractivity contribution in [2.24, 2.45) is 5.41 Å². The summed E-state index contributed by atoms with van der Waals surface area (Å²) in [4.78, 5) is 4.46. The summed E-state index contributed by atoms with van der Waals surface area (Å²) < 4.78 is 0. The van der Waals surface area contributed by atoms with Crippen molar-refractivity contribution in [2.75, 3.05) is 6.54 Å². The number of pyridine rings is 1. The molecule has 1 fully saturated rings. The predicted molar refractivity (Wildman–Crippen MR) is 72.0 cm³/mol. The van der Waals surface area contributed by atoms with Crippen LogP contribution in [-0.4, -0.2) is 17.6 Å². The minimum atomic E-state index is 0.466. The van der Waals surface area contributed by atoms with E-state index in [4.69, 9.17) is 0 Å². The molecule has 1 aliphatic rings. The molecule has 1 heterocycles. The van der Waals surface area contributed by atoms with Gasteiger partial charge in [-0.25, -0.2) is 0 Å². The monoisotopic (exact) mass is 232 g/mol. The molecule has 0 bridgehead atoms. The van der Waals surface area contributed by atoms with Crippen molar-refractivity contribution >= 4 is 0 Å². The Kier molecular flexibility index (Phi) is 4.16. The van der Waals surface area contributed by atoms with Crippen LogP contribution < -0.4 is 5.32 Å². The normalized spacial score (nSPS) is 20.4. The molecule has 1 N–H and O–H groups in total. The molecule has 1 atom stereocenters. The highest BCUT2D eigenvalue weighted by Gasteiger charge is 2.36. The lowest BCUT2D eigenvalue weighted by molar-refractivity contribution is 0.221. The summed E-state index contributed by atoms with van der Waals surface area (Å²) in [6.07, 6.45) is 8.46. The highest BCUT2D eigenvalue weighted by molar-refractivity contribution is 5.07. The van der Waals surface area contributed by atoms with Gasteiger partial charge < -0.3 is 5.32 Å². The van der Waals surface area contributed by atoms with Gasteiger partial charge in [-0.3, -0.25) is 4.98 Å². The number of nitrogens with one attached hydrogen (secondary N) is 1. The topological polar surface area (TPSA) is 24.9 Å². The molecule has 0 aliphatic heterocycles. The lowest BCUT2D eigenvalue weighted by Crippen LogP contribution is -2.43. The third-order valence-electron chi connectivity index (χ3n) is 4.18. The number of hydrogen-bond acceptors (Lipinski definition) is 2. The Hall–Kier alpha value is -0.890. The third kappa shape index (κ3) is 3.06. The van der Waals surface area contributed by atoms with Gasteiger partial charge in [-0.2, -0.15) is 0 Å². The Morgan fingerprint density at radius 1 is 1.35 bits per heavy atom. The second kappa shape index (κ2) is 5.63. The SMILES string of the molecule is CCNC(Cc1ccccn1)C1(C)CCCC1. The van der Waals surface area contributed by atoms with E-state index in [9.17, 15) is 0 Å². The van der Waals surface area contributed by atoms with Gasteiger partial charge >= 0.3 is 0 Å². The number of nitrogens with zero attached hydrogens (tertiary/aromatic N) is 1. The van der Waals surface area contributed by atoms with Crippen LogP contribution in [0, 0.1) is 5.41 Å². The highest BCUT2D eigenvalue weighted by Crippen LogP contribution is 2.41. The predicted octanol–water partition coefficient (Wildman–Crippen LogP) is 3.18. The average Bonchev–Trinajstić information content (AvgIpc) is 2.78. The van der Waals surface area contributed by atoms with Crippen molar-refractivity contribution in [2.45, 2.75) is 52.0 Å². The Morgan fingerprint density at radius 3 is 2.71 bits per heavy atom. The molecule has 2 rings (SSSR count). The maximum absolute atomic E-state index is 4.46. The maximum Gasteiger partial charge on any atom is 0.0419 e. The number of aromatic nitrogens is 1. The van der Waals surface area contributed by atoms with Gasteiger partial charge in [0.15, 0.2) is 0 Å². The first-order valence-corrected chi connectivity index (χ1v) is 6.88. The molecule has 0 amide bonds. The standard InChI is InChI=1S/C15H24N2/c1-3-16-14(15(2)9-5-6-10-15)12-13-8-4-7-11-17-13/h4,7-8,11,14,16H,3,5-6,9-10,12H2,1-2H3. The van der Waals surface area contributed by atoms with Crippen molar-refractivity contribution < 1.29 is 0 Å². The Morgan fingerprint density at radius 2 is 2.12 bits per heavy atom. The van der Waals surface area contributed by atoms with Crippen LogP contribution in [0.1, 0.15) is 45.2 Å². The maximum atomic E-state index is 4.46. The molecule has 17 heavy (non-hydrogen) atoms. The Balaban J connectivity index is 2.07. The third-order valence-corrected chi connectivity index (χ3v) is 4.18. The summed E-state index contributed by atoms with van der Waals surface area (Å²) in [5, 5.41) is 3.67. The second-order valence-electron chi connectivity index (χ2n) is 5.50. The Bertz CT molecular complexity index is 328. The lowest BCUT2D eigenvalue weighted by atomic mass is 9.78. The zero-order valence-electron chi connectivity index (χ0n) is 11.1. The minimum absolute atomic E-state index is 0.466. The smallest absolute Gasteiger partial charge is 0.0419 e. The average molecular weight is 232 g/mol. The zero-order chi connectivity index (χ0) is 12.1. The van der Waals surface area contributed by atoms with Crippen molar-refractivity contribution in [1.82, 2.24) is 10.3 Å². The van der Waals surface area contributed by atoms with E-state index in [1.807, 2.05) is 12.3 Å². The molecule has 1 aromatic heterocycles. The summed E-state index contributed by atoms with van der Waals surface area (Å²) in [6, 6.07) is 6.79. The van der Waals surface area contributed by atoms with Crippen LogP contribution in [0.3, 0.4) is 0 Å². The van der Waals surface area contributed by atoms with E-state index in [-0.39, 0.29) is 0 Å². The zero-order valence-corrected chi connectivity index (χ0v) is 11.1. The quantitative estimate of drug-likeness (QED) is 0.843. The number of rotatable bonds is 5. The lowest BCUT2D eigenvalue weighted by Gasteiger charge is -2.34. The van der Waals surface area contributed by atoms with Gasteiger partial charge in [-0.1, -0.05) is 32.8 Å². The summed E-state index contributed by atoms with van der Waals surface area (Å²) in [5.74, 6) is 0. The van der Waals surface area contributed by atoms with Crippen molar-refractivity contribution in [1.29, 1.82) is 0 Å². The van der Waals surface area contributed by atoms with Gasteiger partial charge in [0.25, 0.3) is 0 Å². The van der Waals surface area contributed by atoms with Crippen LogP contribution in [0.4, 0.5) is 0 Å². The van der Waals surface area contributed by atoms with Crippen molar-refractivity contribution in [3.05, 3.63) is 30.1 Å². The van der Waals surface area contributed by atoms with E-state index >= 15 is 0 Å². The molecule has 0 radical (unpaired) electrons. The van der Waals surface area contributed by atoms with Gasteiger partial charge in [0.2, 0.25) is 0 Å². The fourth-order valence-corrected chi connectivity index (χ4v) is 3.07. The fraction of sp³-hybridized carbons (Fsp3) is 0.667. The van der Waals surface area contributed by atoms with Crippen LogP contribution in [0.25, 0.3) is 0 Å². The van der Waals surface area contributed by atoms with E-state index in [0.29, 0.717) is 11.5 Å². The van der Waals surface area contributed by atoms with Crippen LogP contribution in [0.15, 0.2) is 24.4 Å². The summed E-state index contributed by atoms with van der Waals surface area (Å²) in [7, 11) is 0. The van der Waals surface area contributed by atoms with E-state index in [0.717, 1.165) is 13.0 Å². The molecule has 2 heteroatoms. The van der Waals surface area contributed by atoms with Gasteiger partial charge in [0, 0.05) is 24.4 Å². The molecular weight excluding hydrogens is 208 g/mol. The molecule has 1 saturated carbocycles. The van der Waals surface area contributed by atoms with Crippen molar-refractivity contribution in [3.63, 3.8) is 0 Å². The van der Waals surface area contributed by atoms with Crippen molar-refractivity contribution in [3.8, 4) is 0 Å². The molecule has 1 aromatic rings. The summed E-state index contributed by atoms with van der Waals surface area (Å²) in [5.41, 5.74) is 1.68. The highest BCUT2D eigenvalue weighted by atomic mass is 14.9. The molecule has 0 saturated heterocycles. The second-order valence-corrected chi connectivity index (χ2v) is 5.50. The summed E-state index contributed by atoms with van der Waals surface area (Å²) >= 11 is 0. The molecule has 2 nitrogen and oxygen atoms in total. The van der Waals surface area contributed by atoms with Gasteiger partial charge in [-0.15, -0.1) is 0 Å².